The molecule has 0 aliphatic heterocycles. The normalized spacial score (nSPS) is 18.0. The molecule has 104 valence electrons. The van der Waals surface area contributed by atoms with E-state index < -0.39 is 37.2 Å². The Morgan fingerprint density at radius 1 is 0.941 bits per heavy atom. The minimum Gasteiger partial charge on any atom is -0.312 e. The van der Waals surface area contributed by atoms with Crippen LogP contribution in [0, 0.1) is 0 Å². The Bertz CT molecular complexity index is 246. The van der Waals surface area contributed by atoms with Crippen LogP contribution < -0.4 is 0 Å². The molecule has 0 aliphatic rings. The maximum atomic E-state index is 12.4. The van der Waals surface area contributed by atoms with Crippen molar-refractivity contribution in [3.8, 4) is 0 Å². The molecule has 0 saturated heterocycles. The van der Waals surface area contributed by atoms with Gasteiger partial charge in [-0.25, -0.2) is 17.6 Å². The highest BCUT2D eigenvalue weighted by Crippen LogP contribution is 2.36. The maximum absolute atomic E-state index is 12.4. The van der Waals surface area contributed by atoms with E-state index in [4.69, 9.17) is 0 Å². The highest BCUT2D eigenvalue weighted by Gasteiger charge is 2.58. The van der Waals surface area contributed by atoms with Crippen LogP contribution in [-0.4, -0.2) is 37.2 Å². The molecule has 0 aromatic rings. The van der Waals surface area contributed by atoms with Crippen molar-refractivity contribution in [2.75, 3.05) is 6.61 Å². The summed E-state index contributed by atoms with van der Waals surface area (Å²) < 4.78 is 111. The average molecular weight is 278 g/mol. The first-order chi connectivity index (χ1) is 7.31. The van der Waals surface area contributed by atoms with Crippen molar-refractivity contribution in [2.45, 2.75) is 37.5 Å². The lowest BCUT2D eigenvalue weighted by Crippen LogP contribution is -2.47. The lowest BCUT2D eigenvalue weighted by molar-refractivity contribution is -0.315. The van der Waals surface area contributed by atoms with E-state index in [0.717, 1.165) is 0 Å². The third-order valence-electron chi connectivity index (χ3n) is 1.58. The van der Waals surface area contributed by atoms with Crippen molar-refractivity contribution in [2.24, 2.45) is 0 Å². The second-order valence-electron chi connectivity index (χ2n) is 3.13. The molecule has 0 saturated carbocycles. The molecular formula is C7H7F9O. The number of ether oxygens (including phenoxy) is 1. The zero-order valence-corrected chi connectivity index (χ0v) is 8.17. The smallest absolute Gasteiger partial charge is 0.312 e. The van der Waals surface area contributed by atoms with E-state index in [-0.39, 0.29) is 6.92 Å². The Morgan fingerprint density at radius 2 is 1.35 bits per heavy atom. The van der Waals surface area contributed by atoms with E-state index in [1.54, 1.807) is 0 Å². The Kier molecular flexibility index (Phi) is 4.71. The third kappa shape index (κ3) is 4.60. The lowest BCUT2D eigenvalue weighted by atomic mass is 10.2. The quantitative estimate of drug-likeness (QED) is 0.699. The molecule has 0 radical (unpaired) electrons. The fourth-order valence-corrected chi connectivity index (χ4v) is 0.620. The van der Waals surface area contributed by atoms with Crippen molar-refractivity contribution >= 4 is 0 Å². The van der Waals surface area contributed by atoms with Crippen molar-refractivity contribution in [3.63, 3.8) is 0 Å². The van der Waals surface area contributed by atoms with E-state index in [2.05, 4.69) is 4.74 Å². The highest BCUT2D eigenvalue weighted by molar-refractivity contribution is 4.83. The molecule has 0 amide bonds. The molecule has 0 aliphatic carbocycles. The second-order valence-corrected chi connectivity index (χ2v) is 3.13. The Hall–Kier alpha value is -0.670. The third-order valence-corrected chi connectivity index (χ3v) is 1.58. The Balaban J connectivity index is 4.58. The van der Waals surface area contributed by atoms with Gasteiger partial charge < -0.3 is 4.74 Å². The van der Waals surface area contributed by atoms with Gasteiger partial charge in [0, 0.05) is 0 Å². The number of hydrogen-bond acceptors (Lipinski definition) is 1. The summed E-state index contributed by atoms with van der Waals surface area (Å²) in [5, 5.41) is 0. The summed E-state index contributed by atoms with van der Waals surface area (Å²) in [5.41, 5.74) is 0. The SMILES string of the molecule is CC(F)C(F)(F)OCC(F)(F)C(F)C(F)(F)F. The van der Waals surface area contributed by atoms with Crippen LogP contribution in [0.25, 0.3) is 0 Å². The largest absolute Gasteiger partial charge is 0.425 e. The standard InChI is InChI=1S/C7H7F9O/c1-3(8)7(15,16)17-2-5(10,11)4(9)6(12,13)14/h3-4H,2H2,1H3. The van der Waals surface area contributed by atoms with Crippen LogP contribution in [0.1, 0.15) is 6.92 Å². The predicted octanol–water partition coefficient (Wildman–Crippen LogP) is 3.49. The molecule has 1 nitrogen and oxygen atoms in total. The molecule has 10 heteroatoms. The zero-order valence-electron chi connectivity index (χ0n) is 8.17. The maximum Gasteiger partial charge on any atom is 0.425 e. The molecule has 0 bridgehead atoms. The van der Waals surface area contributed by atoms with E-state index >= 15 is 0 Å². The highest BCUT2D eigenvalue weighted by atomic mass is 19.4. The molecule has 2 atom stereocenters. The van der Waals surface area contributed by atoms with Crippen LogP contribution in [0.4, 0.5) is 39.5 Å². The Morgan fingerprint density at radius 3 is 1.65 bits per heavy atom. The number of rotatable bonds is 5. The van der Waals surface area contributed by atoms with Crippen molar-refractivity contribution in [1.29, 1.82) is 0 Å². The van der Waals surface area contributed by atoms with Crippen molar-refractivity contribution in [1.82, 2.24) is 0 Å². The molecule has 17 heavy (non-hydrogen) atoms. The van der Waals surface area contributed by atoms with Gasteiger partial charge in [-0.2, -0.15) is 22.0 Å². The van der Waals surface area contributed by atoms with Gasteiger partial charge in [0.1, 0.15) is 6.61 Å². The molecule has 0 heterocycles. The van der Waals surface area contributed by atoms with Crippen LogP contribution in [0.15, 0.2) is 0 Å². The summed E-state index contributed by atoms with van der Waals surface area (Å²) in [6.45, 7) is -2.34. The molecule has 0 spiro atoms. The average Bonchev–Trinajstić information content (AvgIpc) is 2.12. The summed E-state index contributed by atoms with van der Waals surface area (Å²) in [6, 6.07) is 0. The van der Waals surface area contributed by atoms with Gasteiger partial charge in [-0.3, -0.25) is 0 Å². The van der Waals surface area contributed by atoms with Gasteiger partial charge in [-0.15, -0.1) is 0 Å². The van der Waals surface area contributed by atoms with E-state index in [1.165, 1.54) is 0 Å². The second kappa shape index (κ2) is 4.91. The number of alkyl halides is 9. The van der Waals surface area contributed by atoms with E-state index in [9.17, 15) is 39.5 Å². The molecule has 0 fully saturated rings. The van der Waals surface area contributed by atoms with Gasteiger partial charge in [-0.1, -0.05) is 0 Å². The van der Waals surface area contributed by atoms with Gasteiger partial charge >= 0.3 is 18.2 Å². The van der Waals surface area contributed by atoms with Crippen molar-refractivity contribution in [3.05, 3.63) is 0 Å². The molecular weight excluding hydrogens is 271 g/mol. The van der Waals surface area contributed by atoms with Crippen LogP contribution in [0.3, 0.4) is 0 Å². The first-order valence-corrected chi connectivity index (χ1v) is 4.05. The van der Waals surface area contributed by atoms with Crippen LogP contribution in [0.5, 0.6) is 0 Å². The molecule has 0 aromatic heterocycles. The fraction of sp³-hybridized carbons (Fsp3) is 1.00. The van der Waals surface area contributed by atoms with Gasteiger partial charge in [0.25, 0.3) is 6.17 Å². The monoisotopic (exact) mass is 278 g/mol. The van der Waals surface area contributed by atoms with Gasteiger partial charge in [0.15, 0.2) is 6.17 Å². The fourth-order valence-electron chi connectivity index (χ4n) is 0.620. The first-order valence-electron chi connectivity index (χ1n) is 4.05. The lowest BCUT2D eigenvalue weighted by Gasteiger charge is -2.25. The molecule has 0 N–H and O–H groups in total. The summed E-state index contributed by atoms with van der Waals surface area (Å²) >= 11 is 0. The Labute approximate surface area is 89.5 Å². The van der Waals surface area contributed by atoms with E-state index in [1.807, 2.05) is 0 Å². The predicted molar refractivity (Wildman–Crippen MR) is 37.4 cm³/mol. The van der Waals surface area contributed by atoms with Gasteiger partial charge in [-0.05, 0) is 6.92 Å². The summed E-state index contributed by atoms with van der Waals surface area (Å²) in [4.78, 5) is 0. The first kappa shape index (κ1) is 16.3. The van der Waals surface area contributed by atoms with Crippen LogP contribution in [0.2, 0.25) is 0 Å². The van der Waals surface area contributed by atoms with Gasteiger partial charge in [0.05, 0.1) is 0 Å². The van der Waals surface area contributed by atoms with Crippen molar-refractivity contribution < 1.29 is 44.3 Å². The minimum atomic E-state index is -5.93. The van der Waals surface area contributed by atoms with Crippen LogP contribution >= 0.6 is 0 Å². The summed E-state index contributed by atoms with van der Waals surface area (Å²) in [6.07, 6.45) is -18.3. The summed E-state index contributed by atoms with van der Waals surface area (Å²) in [7, 11) is 0. The topological polar surface area (TPSA) is 9.23 Å². The molecule has 0 rings (SSSR count). The van der Waals surface area contributed by atoms with Crippen LogP contribution in [-0.2, 0) is 4.74 Å². The number of hydrogen-bond donors (Lipinski definition) is 0. The van der Waals surface area contributed by atoms with E-state index in [0.29, 0.717) is 0 Å². The molecule has 0 aromatic carbocycles. The minimum absolute atomic E-state index is 0.245. The molecule has 2 unspecified atom stereocenters. The zero-order chi connectivity index (χ0) is 14.1. The number of halogens is 9. The van der Waals surface area contributed by atoms with Gasteiger partial charge in [0.2, 0.25) is 0 Å². The summed E-state index contributed by atoms with van der Waals surface area (Å²) in [5.74, 6) is -5.23.